The third-order valence-corrected chi connectivity index (χ3v) is 2.79. The topological polar surface area (TPSA) is 52.0 Å². The van der Waals surface area contributed by atoms with Crippen molar-refractivity contribution >= 4 is 6.01 Å². The van der Waals surface area contributed by atoms with E-state index < -0.39 is 0 Å². The average Bonchev–Trinajstić information content (AvgIpc) is 2.56. The molecule has 2 aromatic rings. The first-order valence-electron chi connectivity index (χ1n) is 5.43. The van der Waals surface area contributed by atoms with E-state index in [0.717, 1.165) is 24.3 Å². The summed E-state index contributed by atoms with van der Waals surface area (Å²) in [5.74, 6) is 0.890. The molecule has 2 N–H and O–H groups in total. The Labute approximate surface area is 95.3 Å². The molecule has 84 valence electrons. The second kappa shape index (κ2) is 4.39. The van der Waals surface area contributed by atoms with Gasteiger partial charge < -0.3 is 10.2 Å². The van der Waals surface area contributed by atoms with Crippen LogP contribution in [0.25, 0.3) is 0 Å². The number of nitrogens with two attached hydrogens (primary N) is 1. The Balaban J connectivity index is 2.08. The zero-order valence-corrected chi connectivity index (χ0v) is 9.66. The third-order valence-electron chi connectivity index (χ3n) is 2.79. The number of hydrogen-bond acceptors (Lipinski definition) is 3. The Morgan fingerprint density at radius 3 is 2.56 bits per heavy atom. The van der Waals surface area contributed by atoms with Gasteiger partial charge in [-0.05, 0) is 31.4 Å². The molecule has 1 aromatic carbocycles. The van der Waals surface area contributed by atoms with Crippen LogP contribution in [0.4, 0.5) is 6.01 Å². The minimum atomic E-state index is 0.261. The standard InChI is InChI=1S/C13H16N2O/c1-9-5-3-4-6-11(9)7-8-12-10(2)15-13(14)16-12/h3-6H,7-8H2,1-2H3,(H2,14,15). The highest BCUT2D eigenvalue weighted by atomic mass is 16.4. The number of anilines is 1. The normalized spacial score (nSPS) is 10.6. The van der Waals surface area contributed by atoms with Crippen LogP contribution >= 0.6 is 0 Å². The van der Waals surface area contributed by atoms with Crippen LogP contribution in [-0.4, -0.2) is 4.98 Å². The van der Waals surface area contributed by atoms with Crippen LogP contribution in [0.1, 0.15) is 22.6 Å². The lowest BCUT2D eigenvalue weighted by molar-refractivity contribution is 0.519. The summed E-state index contributed by atoms with van der Waals surface area (Å²) in [6.45, 7) is 4.05. The molecular weight excluding hydrogens is 200 g/mol. The van der Waals surface area contributed by atoms with Crippen molar-refractivity contribution in [3.63, 3.8) is 0 Å². The highest BCUT2D eigenvalue weighted by Gasteiger charge is 2.07. The maximum absolute atomic E-state index is 5.50. The van der Waals surface area contributed by atoms with Gasteiger partial charge in [-0.3, -0.25) is 0 Å². The van der Waals surface area contributed by atoms with Crippen LogP contribution in [-0.2, 0) is 12.8 Å². The maximum Gasteiger partial charge on any atom is 0.292 e. The quantitative estimate of drug-likeness (QED) is 0.858. The van der Waals surface area contributed by atoms with Crippen LogP contribution in [0.2, 0.25) is 0 Å². The molecule has 0 aliphatic heterocycles. The fraction of sp³-hybridized carbons (Fsp3) is 0.308. The van der Waals surface area contributed by atoms with Gasteiger partial charge in [0.2, 0.25) is 0 Å². The highest BCUT2D eigenvalue weighted by Crippen LogP contribution is 2.16. The summed E-state index contributed by atoms with van der Waals surface area (Å²) in [5.41, 5.74) is 9.05. The van der Waals surface area contributed by atoms with Crippen LogP contribution in [0.5, 0.6) is 0 Å². The Morgan fingerprint density at radius 2 is 1.94 bits per heavy atom. The Morgan fingerprint density at radius 1 is 1.19 bits per heavy atom. The monoisotopic (exact) mass is 216 g/mol. The number of rotatable bonds is 3. The molecule has 0 amide bonds. The SMILES string of the molecule is Cc1ccccc1CCc1oc(N)nc1C. The number of hydrogen-bond donors (Lipinski definition) is 1. The summed E-state index contributed by atoms with van der Waals surface area (Å²) in [4.78, 5) is 4.06. The van der Waals surface area contributed by atoms with Crippen LogP contribution < -0.4 is 5.73 Å². The zero-order chi connectivity index (χ0) is 11.5. The van der Waals surface area contributed by atoms with E-state index in [0.29, 0.717) is 0 Å². The predicted molar refractivity (Wildman–Crippen MR) is 64.2 cm³/mol. The van der Waals surface area contributed by atoms with Crippen LogP contribution in [0.3, 0.4) is 0 Å². The molecule has 0 fully saturated rings. The van der Waals surface area contributed by atoms with Crippen molar-refractivity contribution in [3.8, 4) is 0 Å². The molecule has 0 saturated heterocycles. The third kappa shape index (κ3) is 2.24. The van der Waals surface area contributed by atoms with Crippen LogP contribution in [0.15, 0.2) is 28.7 Å². The summed E-state index contributed by atoms with van der Waals surface area (Å²) in [5, 5.41) is 0. The molecule has 2 rings (SSSR count). The van der Waals surface area contributed by atoms with Crippen molar-refractivity contribution in [2.24, 2.45) is 0 Å². The minimum absolute atomic E-state index is 0.261. The van der Waals surface area contributed by atoms with Gasteiger partial charge >= 0.3 is 0 Å². The molecule has 0 atom stereocenters. The van der Waals surface area contributed by atoms with E-state index >= 15 is 0 Å². The molecule has 0 aliphatic rings. The van der Waals surface area contributed by atoms with Crippen molar-refractivity contribution in [2.45, 2.75) is 26.7 Å². The molecule has 3 nitrogen and oxygen atoms in total. The van der Waals surface area contributed by atoms with Gasteiger partial charge in [-0.1, -0.05) is 24.3 Å². The Kier molecular flexibility index (Phi) is 2.95. The molecule has 0 unspecified atom stereocenters. The average molecular weight is 216 g/mol. The number of nitrogen functional groups attached to an aromatic ring is 1. The second-order valence-corrected chi connectivity index (χ2v) is 3.99. The molecule has 1 aromatic heterocycles. The molecule has 0 bridgehead atoms. The summed E-state index contributed by atoms with van der Waals surface area (Å²) >= 11 is 0. The van der Waals surface area contributed by atoms with E-state index in [2.05, 4.69) is 36.2 Å². The first kappa shape index (κ1) is 10.7. The number of nitrogens with zero attached hydrogens (tertiary/aromatic N) is 1. The van der Waals surface area contributed by atoms with Crippen LogP contribution in [0, 0.1) is 13.8 Å². The number of aromatic nitrogens is 1. The van der Waals surface area contributed by atoms with Gasteiger partial charge in [-0.2, -0.15) is 4.98 Å². The van der Waals surface area contributed by atoms with Crippen molar-refractivity contribution in [2.75, 3.05) is 5.73 Å². The molecule has 3 heteroatoms. The van der Waals surface area contributed by atoms with Gasteiger partial charge in [0.25, 0.3) is 6.01 Å². The van der Waals surface area contributed by atoms with E-state index in [1.54, 1.807) is 0 Å². The van der Waals surface area contributed by atoms with Crippen molar-refractivity contribution in [1.29, 1.82) is 0 Å². The summed E-state index contributed by atoms with van der Waals surface area (Å²) < 4.78 is 5.34. The van der Waals surface area contributed by atoms with Crippen molar-refractivity contribution < 1.29 is 4.42 Å². The minimum Gasteiger partial charge on any atom is -0.429 e. The first-order chi connectivity index (χ1) is 7.66. The van der Waals surface area contributed by atoms with Gasteiger partial charge in [0.15, 0.2) is 0 Å². The van der Waals surface area contributed by atoms with Gasteiger partial charge in [-0.15, -0.1) is 0 Å². The largest absolute Gasteiger partial charge is 0.429 e. The predicted octanol–water partition coefficient (Wildman–Crippen LogP) is 2.66. The summed E-state index contributed by atoms with van der Waals surface area (Å²) in [6.07, 6.45) is 1.81. The number of aryl methyl sites for hydroxylation is 4. The van der Waals surface area contributed by atoms with E-state index in [-0.39, 0.29) is 6.01 Å². The lowest BCUT2D eigenvalue weighted by Gasteiger charge is -2.03. The zero-order valence-electron chi connectivity index (χ0n) is 9.66. The molecule has 0 aliphatic carbocycles. The van der Waals surface area contributed by atoms with E-state index in [9.17, 15) is 0 Å². The molecule has 1 heterocycles. The number of oxazole rings is 1. The van der Waals surface area contributed by atoms with Gasteiger partial charge in [0.1, 0.15) is 5.76 Å². The molecule has 16 heavy (non-hydrogen) atoms. The first-order valence-corrected chi connectivity index (χ1v) is 5.43. The Hall–Kier alpha value is -1.77. The fourth-order valence-electron chi connectivity index (χ4n) is 1.82. The highest BCUT2D eigenvalue weighted by molar-refractivity contribution is 5.27. The molecule has 0 radical (unpaired) electrons. The van der Waals surface area contributed by atoms with Crippen molar-refractivity contribution in [1.82, 2.24) is 4.98 Å². The smallest absolute Gasteiger partial charge is 0.292 e. The lowest BCUT2D eigenvalue weighted by Crippen LogP contribution is -1.94. The molecule has 0 saturated carbocycles. The summed E-state index contributed by atoms with van der Waals surface area (Å²) in [7, 11) is 0. The molecular formula is C13H16N2O. The second-order valence-electron chi connectivity index (χ2n) is 3.99. The number of benzene rings is 1. The van der Waals surface area contributed by atoms with Gasteiger partial charge in [0, 0.05) is 6.42 Å². The Bertz CT molecular complexity index is 488. The van der Waals surface area contributed by atoms with Gasteiger partial charge in [0.05, 0.1) is 5.69 Å². The van der Waals surface area contributed by atoms with E-state index in [4.69, 9.17) is 10.2 Å². The van der Waals surface area contributed by atoms with Gasteiger partial charge in [-0.25, -0.2) is 0 Å². The van der Waals surface area contributed by atoms with E-state index in [1.807, 2.05) is 6.92 Å². The maximum atomic E-state index is 5.50. The fourth-order valence-corrected chi connectivity index (χ4v) is 1.82. The molecule has 0 spiro atoms. The summed E-state index contributed by atoms with van der Waals surface area (Å²) in [6, 6.07) is 8.64. The van der Waals surface area contributed by atoms with E-state index in [1.165, 1.54) is 11.1 Å². The van der Waals surface area contributed by atoms with Crippen molar-refractivity contribution in [3.05, 3.63) is 46.8 Å². The lowest BCUT2D eigenvalue weighted by atomic mass is 10.0.